The van der Waals surface area contributed by atoms with Gasteiger partial charge in [0.1, 0.15) is 0 Å². The maximum absolute atomic E-state index is 12.4. The smallest absolute Gasteiger partial charge is 0.387 e. The Balaban J connectivity index is 2.16. The molecule has 0 fully saturated rings. The average molecular weight is 335 g/mol. The molecule has 6 heteroatoms. The number of alkyl halides is 2. The topological polar surface area (TPSA) is 47.6 Å². The van der Waals surface area contributed by atoms with Gasteiger partial charge in [-0.2, -0.15) is 8.78 Å². The van der Waals surface area contributed by atoms with E-state index in [2.05, 4.69) is 10.1 Å². The molecule has 2 rings (SSSR count). The van der Waals surface area contributed by atoms with Crippen molar-refractivity contribution in [1.82, 2.24) is 5.32 Å². The lowest BCUT2D eigenvalue weighted by molar-refractivity contribution is -0.0512. The summed E-state index contributed by atoms with van der Waals surface area (Å²) < 4.78 is 34.0. The first-order valence-electron chi connectivity index (χ1n) is 7.41. The number of hydrogen-bond donors (Lipinski definition) is 1. The Labute approximate surface area is 139 Å². The molecule has 0 bridgehead atoms. The van der Waals surface area contributed by atoms with Crippen LogP contribution in [0.25, 0.3) is 0 Å². The fourth-order valence-corrected chi connectivity index (χ4v) is 2.43. The predicted molar refractivity (Wildman–Crippen MR) is 86.7 cm³/mol. The van der Waals surface area contributed by atoms with Gasteiger partial charge in [-0.1, -0.05) is 24.3 Å². The van der Waals surface area contributed by atoms with Crippen LogP contribution in [0.5, 0.6) is 11.5 Å². The molecule has 0 aliphatic heterocycles. The third-order valence-corrected chi connectivity index (χ3v) is 3.64. The van der Waals surface area contributed by atoms with Crippen molar-refractivity contribution >= 4 is 5.91 Å². The summed E-state index contributed by atoms with van der Waals surface area (Å²) in [6.45, 7) is 0.892. The first-order valence-corrected chi connectivity index (χ1v) is 7.41. The van der Waals surface area contributed by atoms with Crippen LogP contribution in [0.4, 0.5) is 8.78 Å². The molecule has 2 aromatic carbocycles. The number of hydrogen-bond acceptors (Lipinski definition) is 3. The third kappa shape index (κ3) is 4.22. The third-order valence-electron chi connectivity index (χ3n) is 3.64. The van der Waals surface area contributed by atoms with Crippen LogP contribution >= 0.6 is 0 Å². The minimum atomic E-state index is -2.96. The SMILES string of the molecule is COc1cc(C(=O)NC(C)c2ccccc2C)ccc1OC(F)F. The Kier molecular flexibility index (Phi) is 5.73. The largest absolute Gasteiger partial charge is 0.493 e. The molecule has 0 saturated heterocycles. The van der Waals surface area contributed by atoms with Crippen molar-refractivity contribution in [2.45, 2.75) is 26.5 Å². The van der Waals surface area contributed by atoms with E-state index < -0.39 is 6.61 Å². The summed E-state index contributed by atoms with van der Waals surface area (Å²) in [5.41, 5.74) is 2.38. The van der Waals surface area contributed by atoms with Crippen molar-refractivity contribution in [2.24, 2.45) is 0 Å². The first kappa shape index (κ1) is 17.7. The molecule has 0 aliphatic carbocycles. The number of carbonyl (C=O) groups is 1. The van der Waals surface area contributed by atoms with Crippen molar-refractivity contribution in [3.63, 3.8) is 0 Å². The second-order valence-corrected chi connectivity index (χ2v) is 5.30. The van der Waals surface area contributed by atoms with E-state index in [9.17, 15) is 13.6 Å². The molecule has 2 aromatic rings. The molecule has 0 heterocycles. The molecule has 1 N–H and O–H groups in total. The maximum atomic E-state index is 12.4. The van der Waals surface area contributed by atoms with Crippen molar-refractivity contribution in [1.29, 1.82) is 0 Å². The van der Waals surface area contributed by atoms with Crippen molar-refractivity contribution in [2.75, 3.05) is 7.11 Å². The zero-order valence-corrected chi connectivity index (χ0v) is 13.7. The van der Waals surface area contributed by atoms with Gasteiger partial charge in [-0.3, -0.25) is 4.79 Å². The summed E-state index contributed by atoms with van der Waals surface area (Å²) in [7, 11) is 1.32. The van der Waals surface area contributed by atoms with Crippen LogP contribution in [0.1, 0.15) is 34.5 Å². The van der Waals surface area contributed by atoms with E-state index >= 15 is 0 Å². The Morgan fingerprint density at radius 2 is 1.83 bits per heavy atom. The zero-order valence-electron chi connectivity index (χ0n) is 13.7. The number of rotatable bonds is 6. The van der Waals surface area contributed by atoms with E-state index in [0.717, 1.165) is 11.1 Å². The summed E-state index contributed by atoms with van der Waals surface area (Å²) in [5.74, 6) is -0.366. The monoisotopic (exact) mass is 335 g/mol. The number of amides is 1. The lowest BCUT2D eigenvalue weighted by Crippen LogP contribution is -2.27. The van der Waals surface area contributed by atoms with Crippen LogP contribution in [-0.2, 0) is 0 Å². The van der Waals surface area contributed by atoms with Crippen LogP contribution < -0.4 is 14.8 Å². The normalized spacial score (nSPS) is 11.9. The molecule has 0 aliphatic rings. The van der Waals surface area contributed by atoms with Gasteiger partial charge in [0.05, 0.1) is 13.2 Å². The molecule has 1 unspecified atom stereocenters. The van der Waals surface area contributed by atoms with Crippen LogP contribution in [-0.4, -0.2) is 19.6 Å². The summed E-state index contributed by atoms with van der Waals surface area (Å²) in [6.07, 6.45) is 0. The summed E-state index contributed by atoms with van der Waals surface area (Å²) >= 11 is 0. The molecule has 0 radical (unpaired) electrons. The fraction of sp³-hybridized carbons (Fsp3) is 0.278. The molecule has 128 valence electrons. The van der Waals surface area contributed by atoms with E-state index in [1.807, 2.05) is 38.1 Å². The predicted octanol–water partition coefficient (Wildman–Crippen LogP) is 4.10. The van der Waals surface area contributed by atoms with Gasteiger partial charge in [0.2, 0.25) is 0 Å². The second-order valence-electron chi connectivity index (χ2n) is 5.30. The fourth-order valence-electron chi connectivity index (χ4n) is 2.43. The van der Waals surface area contributed by atoms with Gasteiger partial charge in [0, 0.05) is 5.56 Å². The van der Waals surface area contributed by atoms with E-state index in [4.69, 9.17) is 4.74 Å². The van der Waals surface area contributed by atoms with E-state index in [0.29, 0.717) is 5.56 Å². The van der Waals surface area contributed by atoms with Gasteiger partial charge < -0.3 is 14.8 Å². The zero-order chi connectivity index (χ0) is 17.7. The Morgan fingerprint density at radius 1 is 1.12 bits per heavy atom. The molecule has 0 spiro atoms. The van der Waals surface area contributed by atoms with Crippen molar-refractivity contribution in [3.8, 4) is 11.5 Å². The van der Waals surface area contributed by atoms with Gasteiger partial charge in [-0.15, -0.1) is 0 Å². The molecular weight excluding hydrogens is 316 g/mol. The number of ether oxygens (including phenoxy) is 2. The standard InChI is InChI=1S/C18H19F2NO3/c1-11-6-4-5-7-14(11)12(2)21-17(22)13-8-9-15(24-18(19)20)16(10-13)23-3/h4-10,12,18H,1-3H3,(H,21,22). The highest BCUT2D eigenvalue weighted by atomic mass is 19.3. The summed E-state index contributed by atoms with van der Waals surface area (Å²) in [5, 5.41) is 2.88. The highest BCUT2D eigenvalue weighted by molar-refractivity contribution is 5.95. The van der Waals surface area contributed by atoms with Crippen LogP contribution in [0.15, 0.2) is 42.5 Å². The van der Waals surface area contributed by atoms with Crippen LogP contribution in [0, 0.1) is 6.92 Å². The number of methoxy groups -OCH3 is 1. The van der Waals surface area contributed by atoms with Gasteiger partial charge in [0.15, 0.2) is 11.5 Å². The van der Waals surface area contributed by atoms with Gasteiger partial charge in [0.25, 0.3) is 5.91 Å². The number of aryl methyl sites for hydroxylation is 1. The number of nitrogens with one attached hydrogen (secondary N) is 1. The quantitative estimate of drug-likeness (QED) is 0.865. The molecule has 1 amide bonds. The van der Waals surface area contributed by atoms with E-state index in [1.165, 1.54) is 25.3 Å². The highest BCUT2D eigenvalue weighted by Gasteiger charge is 2.16. The van der Waals surface area contributed by atoms with Crippen molar-refractivity contribution in [3.05, 3.63) is 59.2 Å². The van der Waals surface area contributed by atoms with Crippen LogP contribution in [0.2, 0.25) is 0 Å². The lowest BCUT2D eigenvalue weighted by Gasteiger charge is -2.17. The minimum absolute atomic E-state index is 0.0755. The molecule has 0 aromatic heterocycles. The van der Waals surface area contributed by atoms with Crippen molar-refractivity contribution < 1.29 is 23.0 Å². The van der Waals surface area contributed by atoms with Gasteiger partial charge in [-0.25, -0.2) is 0 Å². The maximum Gasteiger partial charge on any atom is 0.387 e. The van der Waals surface area contributed by atoms with Gasteiger partial charge >= 0.3 is 6.61 Å². The number of carbonyl (C=O) groups excluding carboxylic acids is 1. The number of benzene rings is 2. The Morgan fingerprint density at radius 3 is 2.46 bits per heavy atom. The Hall–Kier alpha value is -2.63. The van der Waals surface area contributed by atoms with Crippen LogP contribution in [0.3, 0.4) is 0 Å². The van der Waals surface area contributed by atoms with Gasteiger partial charge in [-0.05, 0) is 43.2 Å². The molecule has 4 nitrogen and oxygen atoms in total. The Bertz CT molecular complexity index is 719. The second kappa shape index (κ2) is 7.77. The average Bonchev–Trinajstić information content (AvgIpc) is 2.54. The van der Waals surface area contributed by atoms with E-state index in [-0.39, 0.29) is 23.4 Å². The molecular formula is C18H19F2NO3. The molecule has 24 heavy (non-hydrogen) atoms. The first-order chi connectivity index (χ1) is 11.4. The highest BCUT2D eigenvalue weighted by Crippen LogP contribution is 2.29. The lowest BCUT2D eigenvalue weighted by atomic mass is 10.0. The summed E-state index contributed by atoms with van der Waals surface area (Å²) in [6, 6.07) is 11.6. The summed E-state index contributed by atoms with van der Waals surface area (Å²) in [4.78, 5) is 12.4. The molecule has 1 atom stereocenters. The number of halogens is 2. The van der Waals surface area contributed by atoms with E-state index in [1.54, 1.807) is 0 Å². The minimum Gasteiger partial charge on any atom is -0.493 e. The molecule has 0 saturated carbocycles.